The Balaban J connectivity index is 1.76. The SMILES string of the molecule is CC(C)(C)[C@H]1OCC[C@@H]1c1noc(Cn2cncn2)n1. The third kappa shape index (κ3) is 2.58. The van der Waals surface area contributed by atoms with Crippen molar-refractivity contribution in [2.24, 2.45) is 5.41 Å². The third-order valence-electron chi connectivity index (χ3n) is 3.52. The maximum Gasteiger partial charge on any atom is 0.248 e. The van der Waals surface area contributed by atoms with Gasteiger partial charge in [-0.3, -0.25) is 0 Å². The molecule has 0 radical (unpaired) electrons. The van der Waals surface area contributed by atoms with Crippen LogP contribution in [-0.4, -0.2) is 37.6 Å². The van der Waals surface area contributed by atoms with Gasteiger partial charge in [-0.25, -0.2) is 9.67 Å². The zero-order valence-corrected chi connectivity index (χ0v) is 12.0. The van der Waals surface area contributed by atoms with Gasteiger partial charge in [0.1, 0.15) is 19.2 Å². The van der Waals surface area contributed by atoms with E-state index in [1.807, 2.05) is 0 Å². The molecule has 0 aliphatic carbocycles. The molecular weight excluding hydrogens is 258 g/mol. The topological polar surface area (TPSA) is 78.9 Å². The first-order valence-electron chi connectivity index (χ1n) is 6.80. The van der Waals surface area contributed by atoms with E-state index in [4.69, 9.17) is 9.26 Å². The first-order chi connectivity index (χ1) is 9.54. The molecule has 2 atom stereocenters. The Hall–Kier alpha value is -1.76. The Morgan fingerprint density at radius 1 is 1.40 bits per heavy atom. The first-order valence-corrected chi connectivity index (χ1v) is 6.80. The largest absolute Gasteiger partial charge is 0.377 e. The molecule has 1 fully saturated rings. The lowest BCUT2D eigenvalue weighted by Crippen LogP contribution is -2.30. The van der Waals surface area contributed by atoms with Crippen LogP contribution in [0.4, 0.5) is 0 Å². The Bertz CT molecular complexity index is 558. The lowest BCUT2D eigenvalue weighted by atomic mass is 9.81. The minimum Gasteiger partial charge on any atom is -0.377 e. The fraction of sp³-hybridized carbons (Fsp3) is 0.692. The second-order valence-electron chi connectivity index (χ2n) is 6.19. The van der Waals surface area contributed by atoms with Crippen LogP contribution in [0.5, 0.6) is 0 Å². The molecule has 7 heteroatoms. The quantitative estimate of drug-likeness (QED) is 0.848. The van der Waals surface area contributed by atoms with E-state index in [-0.39, 0.29) is 17.4 Å². The average Bonchev–Trinajstić information content (AvgIpc) is 3.08. The van der Waals surface area contributed by atoms with E-state index in [0.717, 1.165) is 18.9 Å². The van der Waals surface area contributed by atoms with Crippen LogP contribution in [0.25, 0.3) is 0 Å². The van der Waals surface area contributed by atoms with Crippen molar-refractivity contribution < 1.29 is 9.26 Å². The fourth-order valence-corrected chi connectivity index (χ4v) is 2.64. The summed E-state index contributed by atoms with van der Waals surface area (Å²) in [6.07, 6.45) is 4.17. The summed E-state index contributed by atoms with van der Waals surface area (Å²) in [5.41, 5.74) is 0.0634. The number of rotatable bonds is 3. The molecule has 0 amide bonds. The van der Waals surface area contributed by atoms with Crippen LogP contribution in [-0.2, 0) is 11.3 Å². The molecule has 0 unspecified atom stereocenters. The van der Waals surface area contributed by atoms with Crippen molar-refractivity contribution in [1.82, 2.24) is 24.9 Å². The predicted molar refractivity (Wildman–Crippen MR) is 70.0 cm³/mol. The fourth-order valence-electron chi connectivity index (χ4n) is 2.64. The zero-order chi connectivity index (χ0) is 14.2. The molecule has 20 heavy (non-hydrogen) atoms. The average molecular weight is 277 g/mol. The molecule has 108 valence electrons. The number of aromatic nitrogens is 5. The highest BCUT2D eigenvalue weighted by Crippen LogP contribution is 2.39. The molecule has 2 aromatic heterocycles. The highest BCUT2D eigenvalue weighted by Gasteiger charge is 2.40. The van der Waals surface area contributed by atoms with E-state index in [2.05, 4.69) is 41.0 Å². The van der Waals surface area contributed by atoms with Crippen molar-refractivity contribution >= 4 is 0 Å². The van der Waals surface area contributed by atoms with Gasteiger partial charge in [-0.05, 0) is 11.8 Å². The normalized spacial score (nSPS) is 23.4. The summed E-state index contributed by atoms with van der Waals surface area (Å²) in [6.45, 7) is 7.71. The molecule has 2 aromatic rings. The van der Waals surface area contributed by atoms with Crippen LogP contribution in [0.3, 0.4) is 0 Å². The molecule has 1 aliphatic heterocycles. The minimum atomic E-state index is 0.0634. The summed E-state index contributed by atoms with van der Waals surface area (Å²) < 4.78 is 12.8. The van der Waals surface area contributed by atoms with Crippen molar-refractivity contribution in [3.05, 3.63) is 24.4 Å². The minimum absolute atomic E-state index is 0.0634. The van der Waals surface area contributed by atoms with Gasteiger partial charge in [0, 0.05) is 6.61 Å². The van der Waals surface area contributed by atoms with E-state index < -0.39 is 0 Å². The molecule has 3 rings (SSSR count). The summed E-state index contributed by atoms with van der Waals surface area (Å²) in [7, 11) is 0. The summed E-state index contributed by atoms with van der Waals surface area (Å²) in [6, 6.07) is 0. The lowest BCUT2D eigenvalue weighted by Gasteiger charge is -2.29. The summed E-state index contributed by atoms with van der Waals surface area (Å²) in [5, 5.41) is 8.14. The second kappa shape index (κ2) is 4.97. The molecule has 3 heterocycles. The Kier molecular flexibility index (Phi) is 3.29. The smallest absolute Gasteiger partial charge is 0.248 e. The third-order valence-corrected chi connectivity index (χ3v) is 3.52. The Morgan fingerprint density at radius 3 is 2.95 bits per heavy atom. The number of hydrogen-bond acceptors (Lipinski definition) is 6. The molecule has 1 aliphatic rings. The molecule has 0 N–H and O–H groups in total. The van der Waals surface area contributed by atoms with Gasteiger partial charge in [-0.15, -0.1) is 0 Å². The van der Waals surface area contributed by atoms with Crippen LogP contribution >= 0.6 is 0 Å². The molecule has 0 saturated carbocycles. The monoisotopic (exact) mass is 277 g/mol. The van der Waals surface area contributed by atoms with Gasteiger partial charge in [-0.1, -0.05) is 25.9 Å². The number of hydrogen-bond donors (Lipinski definition) is 0. The highest BCUT2D eigenvalue weighted by atomic mass is 16.5. The summed E-state index contributed by atoms with van der Waals surface area (Å²) >= 11 is 0. The van der Waals surface area contributed by atoms with E-state index >= 15 is 0 Å². The van der Waals surface area contributed by atoms with Crippen molar-refractivity contribution in [2.45, 2.75) is 45.8 Å². The Morgan fingerprint density at radius 2 is 2.25 bits per heavy atom. The van der Waals surface area contributed by atoms with Crippen molar-refractivity contribution in [1.29, 1.82) is 0 Å². The van der Waals surface area contributed by atoms with Crippen LogP contribution in [0, 0.1) is 5.41 Å². The van der Waals surface area contributed by atoms with Gasteiger partial charge < -0.3 is 9.26 Å². The van der Waals surface area contributed by atoms with Crippen LogP contribution in [0.2, 0.25) is 0 Å². The molecule has 7 nitrogen and oxygen atoms in total. The molecule has 1 saturated heterocycles. The van der Waals surface area contributed by atoms with Gasteiger partial charge in [0.15, 0.2) is 5.82 Å². The summed E-state index contributed by atoms with van der Waals surface area (Å²) in [4.78, 5) is 8.37. The van der Waals surface area contributed by atoms with Gasteiger partial charge in [0.05, 0.1) is 12.0 Å². The van der Waals surface area contributed by atoms with Crippen molar-refractivity contribution in [3.63, 3.8) is 0 Å². The summed E-state index contributed by atoms with van der Waals surface area (Å²) in [5.74, 6) is 1.48. The van der Waals surface area contributed by atoms with Crippen molar-refractivity contribution in [2.75, 3.05) is 6.61 Å². The van der Waals surface area contributed by atoms with Gasteiger partial charge in [0.2, 0.25) is 5.89 Å². The predicted octanol–water partition coefficient (Wildman–Crippen LogP) is 1.63. The maximum atomic E-state index is 5.85. The van der Waals surface area contributed by atoms with Crippen LogP contribution < -0.4 is 0 Å². The van der Waals surface area contributed by atoms with E-state index in [0.29, 0.717) is 12.4 Å². The van der Waals surface area contributed by atoms with E-state index in [1.54, 1.807) is 11.0 Å². The van der Waals surface area contributed by atoms with Crippen LogP contribution in [0.1, 0.15) is 44.8 Å². The Labute approximate surface area is 117 Å². The number of nitrogens with zero attached hydrogens (tertiary/aromatic N) is 5. The standard InChI is InChI=1S/C13H19N5O2/c1-13(2,3)11-9(4-5-19-11)12-16-10(20-17-12)6-18-8-14-7-15-18/h7-9,11H,4-6H2,1-3H3/t9-,11-/m0/s1. The molecule has 0 bridgehead atoms. The van der Waals surface area contributed by atoms with Gasteiger partial charge in [-0.2, -0.15) is 10.1 Å². The van der Waals surface area contributed by atoms with E-state index in [9.17, 15) is 0 Å². The lowest BCUT2D eigenvalue weighted by molar-refractivity contribution is 0.0193. The van der Waals surface area contributed by atoms with Crippen molar-refractivity contribution in [3.8, 4) is 0 Å². The maximum absolute atomic E-state index is 5.85. The molecule has 0 aromatic carbocycles. The van der Waals surface area contributed by atoms with Gasteiger partial charge >= 0.3 is 0 Å². The highest BCUT2D eigenvalue weighted by molar-refractivity contribution is 5.04. The van der Waals surface area contributed by atoms with E-state index in [1.165, 1.54) is 6.33 Å². The van der Waals surface area contributed by atoms with Crippen LogP contribution in [0.15, 0.2) is 17.2 Å². The number of ether oxygens (including phenoxy) is 1. The first kappa shape index (κ1) is 13.2. The second-order valence-corrected chi connectivity index (χ2v) is 6.19. The zero-order valence-electron chi connectivity index (χ0n) is 12.0. The molecule has 0 spiro atoms. The molecular formula is C13H19N5O2. The van der Waals surface area contributed by atoms with Gasteiger partial charge in [0.25, 0.3) is 0 Å².